The lowest BCUT2D eigenvalue weighted by atomic mass is 9.95. The van der Waals surface area contributed by atoms with E-state index in [2.05, 4.69) is 19.2 Å². The van der Waals surface area contributed by atoms with Crippen molar-refractivity contribution in [3.05, 3.63) is 23.7 Å². The summed E-state index contributed by atoms with van der Waals surface area (Å²) in [5, 5.41) is 3.52. The molecule has 1 aliphatic heterocycles. The lowest BCUT2D eigenvalue weighted by Gasteiger charge is -2.34. The van der Waals surface area contributed by atoms with Crippen molar-refractivity contribution in [2.75, 3.05) is 13.2 Å². The van der Waals surface area contributed by atoms with Gasteiger partial charge in [-0.05, 0) is 38.3 Å². The summed E-state index contributed by atoms with van der Waals surface area (Å²) in [7, 11) is 0. The second-order valence-corrected chi connectivity index (χ2v) is 4.60. The van der Waals surface area contributed by atoms with E-state index < -0.39 is 0 Å². The molecule has 2 heterocycles. The van der Waals surface area contributed by atoms with Crippen molar-refractivity contribution in [2.45, 2.75) is 38.8 Å². The van der Waals surface area contributed by atoms with Crippen molar-refractivity contribution in [2.24, 2.45) is 0 Å². The monoisotopic (exact) mass is 209 g/mol. The lowest BCUT2D eigenvalue weighted by molar-refractivity contribution is 0.0270. The maximum atomic E-state index is 5.49. The van der Waals surface area contributed by atoms with Crippen molar-refractivity contribution in [3.8, 4) is 0 Å². The predicted molar refractivity (Wildman–Crippen MR) is 58.7 cm³/mol. The summed E-state index contributed by atoms with van der Waals surface area (Å²) in [5.41, 5.74) is 1.32. The Morgan fingerprint density at radius 1 is 1.53 bits per heavy atom. The third-order valence-electron chi connectivity index (χ3n) is 3.08. The number of aryl methyl sites for hydroxylation is 1. The van der Waals surface area contributed by atoms with Gasteiger partial charge < -0.3 is 14.5 Å². The molecule has 15 heavy (non-hydrogen) atoms. The second-order valence-electron chi connectivity index (χ2n) is 4.60. The lowest BCUT2D eigenvalue weighted by Crippen LogP contribution is -2.48. The average Bonchev–Trinajstić information content (AvgIpc) is 2.62. The number of hydrogen-bond acceptors (Lipinski definition) is 3. The maximum absolute atomic E-state index is 5.49. The fourth-order valence-electron chi connectivity index (χ4n) is 1.95. The molecule has 0 spiro atoms. The molecule has 1 saturated heterocycles. The molecule has 1 atom stereocenters. The summed E-state index contributed by atoms with van der Waals surface area (Å²) in [6.45, 7) is 6.77. The van der Waals surface area contributed by atoms with Crippen LogP contribution in [0.3, 0.4) is 0 Å². The largest absolute Gasteiger partial charge is 0.468 e. The minimum Gasteiger partial charge on any atom is -0.468 e. The number of rotatable bonds is 3. The molecule has 3 nitrogen and oxygen atoms in total. The molecule has 84 valence electrons. The second kappa shape index (κ2) is 4.37. The van der Waals surface area contributed by atoms with Crippen molar-refractivity contribution >= 4 is 0 Å². The summed E-state index contributed by atoms with van der Waals surface area (Å²) in [4.78, 5) is 0. The van der Waals surface area contributed by atoms with Gasteiger partial charge in [0, 0.05) is 12.1 Å². The summed E-state index contributed by atoms with van der Waals surface area (Å²) in [5.74, 6) is 1.03. The summed E-state index contributed by atoms with van der Waals surface area (Å²) in [6.07, 6.45) is 4.06. The first-order chi connectivity index (χ1) is 7.20. The van der Waals surface area contributed by atoms with Crippen LogP contribution < -0.4 is 5.32 Å². The smallest absolute Gasteiger partial charge is 0.120 e. The number of nitrogens with one attached hydrogen (secondary N) is 1. The average molecular weight is 209 g/mol. The van der Waals surface area contributed by atoms with Gasteiger partial charge in [0.05, 0.1) is 19.4 Å². The Balaban J connectivity index is 1.89. The molecule has 0 aromatic carbocycles. The molecule has 1 aromatic heterocycles. The SMILES string of the molecule is Cc1ccoc1CNC1(C)CCCOC1. The van der Waals surface area contributed by atoms with Gasteiger partial charge >= 0.3 is 0 Å². The van der Waals surface area contributed by atoms with Gasteiger partial charge in [-0.25, -0.2) is 0 Å². The first-order valence-corrected chi connectivity index (χ1v) is 5.55. The quantitative estimate of drug-likeness (QED) is 0.829. The van der Waals surface area contributed by atoms with E-state index in [1.807, 2.05) is 6.07 Å². The van der Waals surface area contributed by atoms with E-state index in [1.165, 1.54) is 12.0 Å². The highest BCUT2D eigenvalue weighted by Gasteiger charge is 2.27. The normalized spacial score (nSPS) is 26.8. The number of ether oxygens (including phenoxy) is 1. The van der Waals surface area contributed by atoms with Crippen LogP contribution in [0.4, 0.5) is 0 Å². The Labute approximate surface area is 90.8 Å². The van der Waals surface area contributed by atoms with Crippen molar-refractivity contribution in [1.29, 1.82) is 0 Å². The van der Waals surface area contributed by atoms with Crippen LogP contribution in [0.5, 0.6) is 0 Å². The van der Waals surface area contributed by atoms with Gasteiger partial charge in [0.25, 0.3) is 0 Å². The zero-order valence-electron chi connectivity index (χ0n) is 9.51. The van der Waals surface area contributed by atoms with E-state index in [0.717, 1.165) is 31.9 Å². The van der Waals surface area contributed by atoms with E-state index in [-0.39, 0.29) is 5.54 Å². The van der Waals surface area contributed by atoms with E-state index in [1.54, 1.807) is 6.26 Å². The minimum atomic E-state index is 0.109. The third kappa shape index (κ3) is 2.61. The molecule has 1 aromatic rings. The highest BCUT2D eigenvalue weighted by molar-refractivity contribution is 5.14. The summed E-state index contributed by atoms with van der Waals surface area (Å²) >= 11 is 0. The first-order valence-electron chi connectivity index (χ1n) is 5.55. The molecule has 0 saturated carbocycles. The van der Waals surface area contributed by atoms with Gasteiger partial charge in [-0.2, -0.15) is 0 Å². The Hall–Kier alpha value is -0.800. The summed E-state index contributed by atoms with van der Waals surface area (Å²) < 4.78 is 10.9. The van der Waals surface area contributed by atoms with Gasteiger partial charge in [0.15, 0.2) is 0 Å². The maximum Gasteiger partial charge on any atom is 0.120 e. The Kier molecular flexibility index (Phi) is 3.12. The summed E-state index contributed by atoms with van der Waals surface area (Å²) in [6, 6.07) is 2.00. The molecule has 0 radical (unpaired) electrons. The fourth-order valence-corrected chi connectivity index (χ4v) is 1.95. The molecule has 1 fully saturated rings. The molecular formula is C12H19NO2. The molecule has 0 bridgehead atoms. The number of furan rings is 1. The van der Waals surface area contributed by atoms with Gasteiger partial charge in [0.1, 0.15) is 5.76 Å². The number of hydrogen-bond donors (Lipinski definition) is 1. The van der Waals surface area contributed by atoms with E-state index >= 15 is 0 Å². The van der Waals surface area contributed by atoms with Gasteiger partial charge in [0.2, 0.25) is 0 Å². The van der Waals surface area contributed by atoms with Crippen molar-refractivity contribution in [1.82, 2.24) is 5.32 Å². The van der Waals surface area contributed by atoms with Gasteiger partial charge in [-0.3, -0.25) is 0 Å². The molecule has 1 N–H and O–H groups in total. The Bertz CT molecular complexity index is 313. The molecule has 0 amide bonds. The fraction of sp³-hybridized carbons (Fsp3) is 0.667. The molecule has 3 heteroatoms. The standard InChI is InChI=1S/C12H19NO2/c1-10-4-7-15-11(10)8-13-12(2)5-3-6-14-9-12/h4,7,13H,3,5-6,8-9H2,1-2H3. The van der Waals surface area contributed by atoms with Crippen LogP contribution >= 0.6 is 0 Å². The minimum absolute atomic E-state index is 0.109. The molecular weight excluding hydrogens is 190 g/mol. The van der Waals surface area contributed by atoms with Crippen LogP contribution in [0, 0.1) is 6.92 Å². The molecule has 1 aliphatic rings. The van der Waals surface area contributed by atoms with E-state index in [9.17, 15) is 0 Å². The Morgan fingerprint density at radius 2 is 2.40 bits per heavy atom. The van der Waals surface area contributed by atoms with Crippen LogP contribution in [0.25, 0.3) is 0 Å². The van der Waals surface area contributed by atoms with Crippen LogP contribution in [-0.4, -0.2) is 18.8 Å². The highest BCUT2D eigenvalue weighted by Crippen LogP contribution is 2.19. The topological polar surface area (TPSA) is 34.4 Å². The molecule has 0 aliphatic carbocycles. The third-order valence-corrected chi connectivity index (χ3v) is 3.08. The van der Waals surface area contributed by atoms with Gasteiger partial charge in [-0.1, -0.05) is 0 Å². The van der Waals surface area contributed by atoms with Gasteiger partial charge in [-0.15, -0.1) is 0 Å². The first kappa shape index (κ1) is 10.7. The van der Waals surface area contributed by atoms with Crippen LogP contribution in [-0.2, 0) is 11.3 Å². The van der Waals surface area contributed by atoms with Crippen LogP contribution in [0.2, 0.25) is 0 Å². The van der Waals surface area contributed by atoms with Crippen molar-refractivity contribution in [3.63, 3.8) is 0 Å². The van der Waals surface area contributed by atoms with Crippen LogP contribution in [0.15, 0.2) is 16.7 Å². The zero-order chi connectivity index (χ0) is 10.7. The van der Waals surface area contributed by atoms with Crippen LogP contribution in [0.1, 0.15) is 31.1 Å². The molecule has 1 unspecified atom stereocenters. The molecule has 2 rings (SSSR count). The highest BCUT2D eigenvalue weighted by atomic mass is 16.5. The van der Waals surface area contributed by atoms with E-state index in [4.69, 9.17) is 9.15 Å². The van der Waals surface area contributed by atoms with E-state index in [0.29, 0.717) is 0 Å². The van der Waals surface area contributed by atoms with Crippen molar-refractivity contribution < 1.29 is 9.15 Å². The predicted octanol–water partition coefficient (Wildman–Crippen LogP) is 2.25. The zero-order valence-corrected chi connectivity index (χ0v) is 9.51. The Morgan fingerprint density at radius 3 is 3.00 bits per heavy atom.